The summed E-state index contributed by atoms with van der Waals surface area (Å²) in [6, 6.07) is 5.09. The van der Waals surface area contributed by atoms with Gasteiger partial charge in [-0.3, -0.25) is 14.9 Å². The number of methoxy groups -OCH3 is 3. The van der Waals surface area contributed by atoms with Crippen LogP contribution in [0, 0.1) is 6.92 Å². The molecule has 1 amide bonds. The van der Waals surface area contributed by atoms with Gasteiger partial charge in [0.05, 0.1) is 27.0 Å². The van der Waals surface area contributed by atoms with E-state index in [1.807, 2.05) is 0 Å². The smallest absolute Gasteiger partial charge is 0.306 e. The number of aryl methyl sites for hydroxylation is 2. The second kappa shape index (κ2) is 9.63. The van der Waals surface area contributed by atoms with E-state index in [9.17, 15) is 9.59 Å². The van der Waals surface area contributed by atoms with Crippen molar-refractivity contribution in [3.63, 3.8) is 0 Å². The Hall–Kier alpha value is -3.23. The first kappa shape index (κ1) is 21.1. The fourth-order valence-corrected chi connectivity index (χ4v) is 2.48. The van der Waals surface area contributed by atoms with E-state index >= 15 is 0 Å². The number of hydrogen-bond acceptors (Lipinski definition) is 8. The zero-order valence-corrected chi connectivity index (χ0v) is 16.5. The molecule has 28 heavy (non-hydrogen) atoms. The van der Waals surface area contributed by atoms with Crippen molar-refractivity contribution in [1.29, 1.82) is 0 Å². The average molecular weight is 392 g/mol. The Kier molecular flexibility index (Phi) is 7.25. The van der Waals surface area contributed by atoms with Crippen LogP contribution in [0.5, 0.6) is 17.2 Å². The molecule has 1 aromatic carbocycles. The van der Waals surface area contributed by atoms with E-state index in [0.29, 0.717) is 29.4 Å². The molecule has 2 aromatic rings. The van der Waals surface area contributed by atoms with Crippen LogP contribution in [0.3, 0.4) is 0 Å². The molecule has 1 unspecified atom stereocenters. The van der Waals surface area contributed by atoms with E-state index in [1.165, 1.54) is 28.3 Å². The Bertz CT molecular complexity index is 806. The van der Waals surface area contributed by atoms with Crippen molar-refractivity contribution < 1.29 is 33.1 Å². The molecule has 0 spiro atoms. The van der Waals surface area contributed by atoms with Gasteiger partial charge in [-0.15, -0.1) is 0 Å². The van der Waals surface area contributed by atoms with Crippen molar-refractivity contribution in [2.24, 2.45) is 0 Å². The highest BCUT2D eigenvalue weighted by molar-refractivity contribution is 5.94. The minimum absolute atomic E-state index is 0.0810. The van der Waals surface area contributed by atoms with Gasteiger partial charge in [-0.25, -0.2) is 0 Å². The van der Waals surface area contributed by atoms with Crippen LogP contribution in [0.1, 0.15) is 24.6 Å². The molecule has 152 valence electrons. The van der Waals surface area contributed by atoms with Crippen LogP contribution in [0.15, 0.2) is 22.7 Å². The maximum Gasteiger partial charge on any atom is 0.306 e. The SMILES string of the molecule is COc1cc(CCC(=O)OC(C)C(=O)Nc2cc(C)no2)cc(OC)c1OC. The molecule has 0 aliphatic carbocycles. The zero-order valence-electron chi connectivity index (χ0n) is 16.5. The molecule has 0 aliphatic rings. The lowest BCUT2D eigenvalue weighted by Gasteiger charge is -2.15. The molecule has 2 rings (SSSR count). The second-order valence-corrected chi connectivity index (χ2v) is 5.99. The largest absolute Gasteiger partial charge is 0.493 e. The van der Waals surface area contributed by atoms with Crippen molar-refractivity contribution in [2.45, 2.75) is 32.8 Å². The summed E-state index contributed by atoms with van der Waals surface area (Å²) in [5, 5.41) is 6.16. The molecule has 9 heteroatoms. The lowest BCUT2D eigenvalue weighted by atomic mass is 10.1. The summed E-state index contributed by atoms with van der Waals surface area (Å²) in [5.41, 5.74) is 1.44. The Morgan fingerprint density at radius 1 is 1.11 bits per heavy atom. The van der Waals surface area contributed by atoms with Crippen LogP contribution in [0.4, 0.5) is 5.88 Å². The van der Waals surface area contributed by atoms with Gasteiger partial charge in [-0.1, -0.05) is 5.16 Å². The van der Waals surface area contributed by atoms with Crippen LogP contribution in [0.2, 0.25) is 0 Å². The molecule has 1 heterocycles. The van der Waals surface area contributed by atoms with Crippen LogP contribution in [-0.2, 0) is 20.7 Å². The third kappa shape index (κ3) is 5.38. The lowest BCUT2D eigenvalue weighted by molar-refractivity contribution is -0.153. The highest BCUT2D eigenvalue weighted by Gasteiger charge is 2.20. The second-order valence-electron chi connectivity index (χ2n) is 5.99. The minimum Gasteiger partial charge on any atom is -0.493 e. The fourth-order valence-electron chi connectivity index (χ4n) is 2.48. The number of amides is 1. The topological polar surface area (TPSA) is 109 Å². The molecule has 1 atom stereocenters. The summed E-state index contributed by atoms with van der Waals surface area (Å²) in [6.07, 6.45) is -0.513. The van der Waals surface area contributed by atoms with Gasteiger partial charge >= 0.3 is 5.97 Å². The predicted molar refractivity (Wildman–Crippen MR) is 99.8 cm³/mol. The maximum absolute atomic E-state index is 12.1. The monoisotopic (exact) mass is 392 g/mol. The maximum atomic E-state index is 12.1. The van der Waals surface area contributed by atoms with Crippen LogP contribution in [-0.4, -0.2) is 44.5 Å². The first-order valence-corrected chi connectivity index (χ1v) is 8.60. The van der Waals surface area contributed by atoms with Gasteiger partial charge in [-0.05, 0) is 38.0 Å². The van der Waals surface area contributed by atoms with Crippen molar-refractivity contribution in [3.05, 3.63) is 29.5 Å². The molecule has 1 aromatic heterocycles. The quantitative estimate of drug-likeness (QED) is 0.649. The first-order chi connectivity index (χ1) is 13.4. The van der Waals surface area contributed by atoms with Crippen molar-refractivity contribution in [2.75, 3.05) is 26.6 Å². The highest BCUT2D eigenvalue weighted by atomic mass is 16.5. The van der Waals surface area contributed by atoms with E-state index in [1.54, 1.807) is 25.1 Å². The minimum atomic E-state index is -0.974. The molecule has 0 bridgehead atoms. The number of nitrogens with zero attached hydrogens (tertiary/aromatic N) is 1. The van der Waals surface area contributed by atoms with E-state index in [2.05, 4.69) is 10.5 Å². The van der Waals surface area contributed by atoms with Crippen molar-refractivity contribution in [1.82, 2.24) is 5.16 Å². The summed E-state index contributed by atoms with van der Waals surface area (Å²) in [4.78, 5) is 24.1. The number of aromatic nitrogens is 1. The molecule has 9 nitrogen and oxygen atoms in total. The standard InChI is InChI=1S/C19H24N2O7/c1-11-8-16(28-21-11)20-19(23)12(2)27-17(22)7-6-13-9-14(24-3)18(26-5)15(10-13)25-4/h8-10,12H,6-7H2,1-5H3,(H,20,23). The number of anilines is 1. The summed E-state index contributed by atoms with van der Waals surface area (Å²) in [7, 11) is 4.56. The van der Waals surface area contributed by atoms with Crippen molar-refractivity contribution >= 4 is 17.8 Å². The summed E-state index contributed by atoms with van der Waals surface area (Å²) in [6.45, 7) is 3.21. The van der Waals surface area contributed by atoms with E-state index in [-0.39, 0.29) is 12.3 Å². The Morgan fingerprint density at radius 2 is 1.75 bits per heavy atom. The van der Waals surface area contributed by atoms with E-state index in [4.69, 9.17) is 23.5 Å². The van der Waals surface area contributed by atoms with Gasteiger partial charge in [0.1, 0.15) is 0 Å². The number of carbonyl (C=O) groups is 2. The fraction of sp³-hybridized carbons (Fsp3) is 0.421. The normalized spacial score (nSPS) is 11.5. The number of carbonyl (C=O) groups excluding carboxylic acids is 2. The van der Waals surface area contributed by atoms with Gasteiger partial charge in [-0.2, -0.15) is 0 Å². The Morgan fingerprint density at radius 3 is 2.25 bits per heavy atom. The third-order valence-electron chi connectivity index (χ3n) is 3.89. The van der Waals surface area contributed by atoms with Gasteiger partial charge in [0.15, 0.2) is 17.6 Å². The molecule has 0 saturated carbocycles. The molecule has 0 fully saturated rings. The molecule has 0 saturated heterocycles. The molecule has 1 N–H and O–H groups in total. The lowest BCUT2D eigenvalue weighted by Crippen LogP contribution is -2.29. The zero-order chi connectivity index (χ0) is 20.7. The highest BCUT2D eigenvalue weighted by Crippen LogP contribution is 2.38. The van der Waals surface area contributed by atoms with E-state index < -0.39 is 18.0 Å². The van der Waals surface area contributed by atoms with Crippen LogP contribution < -0.4 is 19.5 Å². The van der Waals surface area contributed by atoms with Crippen molar-refractivity contribution in [3.8, 4) is 17.2 Å². The van der Waals surface area contributed by atoms with E-state index in [0.717, 1.165) is 5.56 Å². The summed E-state index contributed by atoms with van der Waals surface area (Å²) in [5.74, 6) is 0.662. The van der Waals surface area contributed by atoms with Gasteiger partial charge in [0.25, 0.3) is 5.91 Å². The summed E-state index contributed by atoms with van der Waals surface area (Å²) >= 11 is 0. The van der Waals surface area contributed by atoms with Gasteiger partial charge in [0, 0.05) is 12.5 Å². The average Bonchev–Trinajstić information content (AvgIpc) is 3.09. The Balaban J connectivity index is 1.91. The Labute approximate surface area is 162 Å². The molecular formula is C19H24N2O7. The predicted octanol–water partition coefficient (Wildman–Crippen LogP) is 2.51. The molecule has 0 radical (unpaired) electrons. The van der Waals surface area contributed by atoms with Gasteiger partial charge < -0.3 is 23.5 Å². The number of nitrogens with one attached hydrogen (secondary N) is 1. The van der Waals surface area contributed by atoms with Crippen LogP contribution >= 0.6 is 0 Å². The number of esters is 1. The van der Waals surface area contributed by atoms with Gasteiger partial charge in [0.2, 0.25) is 11.6 Å². The molecule has 0 aliphatic heterocycles. The third-order valence-corrected chi connectivity index (χ3v) is 3.89. The number of rotatable bonds is 9. The number of benzene rings is 1. The first-order valence-electron chi connectivity index (χ1n) is 8.60. The number of ether oxygens (including phenoxy) is 4. The van der Waals surface area contributed by atoms with Crippen LogP contribution in [0.25, 0.3) is 0 Å². The number of hydrogen-bond donors (Lipinski definition) is 1. The summed E-state index contributed by atoms with van der Waals surface area (Å²) < 4.78 is 25.9. The molecular weight excluding hydrogens is 368 g/mol.